The molecular weight excluding hydrogens is 344 g/mol. The number of amides is 1. The molecule has 0 saturated heterocycles. The summed E-state index contributed by atoms with van der Waals surface area (Å²) >= 11 is 0. The Bertz CT molecular complexity index is 1000. The summed E-state index contributed by atoms with van der Waals surface area (Å²) in [7, 11) is 0. The van der Waals surface area contributed by atoms with Crippen molar-refractivity contribution in [2.24, 2.45) is 0 Å². The maximum absolute atomic E-state index is 13.5. The zero-order chi connectivity index (χ0) is 18.7. The van der Waals surface area contributed by atoms with E-state index in [9.17, 15) is 23.5 Å². The SMILES string of the molecule is O=C(COC(=O)c1cc2ccccc2cc1O)Nc1ccc(F)cc1F. The number of carbonyl (C=O) groups is 2. The van der Waals surface area contributed by atoms with Crippen molar-refractivity contribution in [3.05, 3.63) is 71.8 Å². The number of phenols is 1. The number of rotatable bonds is 4. The Hall–Kier alpha value is -3.48. The minimum absolute atomic E-state index is 0.0931. The molecule has 0 bridgehead atoms. The van der Waals surface area contributed by atoms with Crippen molar-refractivity contribution in [2.45, 2.75) is 0 Å². The van der Waals surface area contributed by atoms with Crippen molar-refractivity contribution in [1.29, 1.82) is 0 Å². The van der Waals surface area contributed by atoms with Crippen LogP contribution in [0.4, 0.5) is 14.5 Å². The fraction of sp³-hybridized carbons (Fsp3) is 0.0526. The van der Waals surface area contributed by atoms with Crippen molar-refractivity contribution < 1.29 is 28.2 Å². The number of carbonyl (C=O) groups excluding carboxylic acids is 2. The summed E-state index contributed by atoms with van der Waals surface area (Å²) in [4.78, 5) is 23.9. The van der Waals surface area contributed by atoms with Gasteiger partial charge in [0.2, 0.25) is 0 Å². The normalized spacial score (nSPS) is 10.5. The van der Waals surface area contributed by atoms with E-state index in [0.29, 0.717) is 6.07 Å². The zero-order valence-electron chi connectivity index (χ0n) is 13.3. The van der Waals surface area contributed by atoms with Gasteiger partial charge in [-0.3, -0.25) is 4.79 Å². The minimum Gasteiger partial charge on any atom is -0.507 e. The standard InChI is InChI=1S/C19H13F2NO4/c20-13-5-6-16(15(21)9-13)22-18(24)10-26-19(25)14-7-11-3-1-2-4-12(11)8-17(14)23/h1-9,23H,10H2,(H,22,24). The molecular formula is C19H13F2NO4. The fourth-order valence-corrected chi connectivity index (χ4v) is 2.38. The van der Waals surface area contributed by atoms with Crippen LogP contribution in [0.1, 0.15) is 10.4 Å². The van der Waals surface area contributed by atoms with Crippen LogP contribution < -0.4 is 5.32 Å². The fourth-order valence-electron chi connectivity index (χ4n) is 2.38. The van der Waals surface area contributed by atoms with Gasteiger partial charge < -0.3 is 15.2 Å². The first-order chi connectivity index (χ1) is 12.4. The Morgan fingerprint density at radius 3 is 2.38 bits per heavy atom. The molecule has 0 atom stereocenters. The van der Waals surface area contributed by atoms with Crippen LogP contribution in [0.15, 0.2) is 54.6 Å². The van der Waals surface area contributed by atoms with E-state index in [-0.39, 0.29) is 17.0 Å². The lowest BCUT2D eigenvalue weighted by Gasteiger charge is -2.09. The van der Waals surface area contributed by atoms with Gasteiger partial charge in [0, 0.05) is 6.07 Å². The van der Waals surface area contributed by atoms with Crippen molar-refractivity contribution in [3.63, 3.8) is 0 Å². The van der Waals surface area contributed by atoms with Crippen LogP contribution in [0.2, 0.25) is 0 Å². The number of esters is 1. The number of fused-ring (bicyclic) bond motifs is 1. The first kappa shape index (κ1) is 17.3. The molecule has 132 valence electrons. The quantitative estimate of drug-likeness (QED) is 0.700. The third-order valence-electron chi connectivity index (χ3n) is 3.62. The van der Waals surface area contributed by atoms with Crippen molar-refractivity contribution >= 4 is 28.3 Å². The largest absolute Gasteiger partial charge is 0.507 e. The van der Waals surface area contributed by atoms with E-state index < -0.39 is 30.1 Å². The molecule has 5 nitrogen and oxygen atoms in total. The topological polar surface area (TPSA) is 75.6 Å². The number of halogens is 2. The number of aromatic hydroxyl groups is 1. The Kier molecular flexibility index (Phi) is 4.79. The summed E-state index contributed by atoms with van der Waals surface area (Å²) in [5, 5.41) is 13.6. The molecule has 3 rings (SSSR count). The second-order valence-corrected chi connectivity index (χ2v) is 5.46. The lowest BCUT2D eigenvalue weighted by Crippen LogP contribution is -2.21. The second-order valence-electron chi connectivity index (χ2n) is 5.46. The molecule has 0 radical (unpaired) electrons. The molecule has 1 amide bonds. The molecule has 0 aliphatic carbocycles. The Labute approximate surface area is 146 Å². The van der Waals surface area contributed by atoms with Gasteiger partial charge in [-0.15, -0.1) is 0 Å². The Morgan fingerprint density at radius 2 is 1.69 bits per heavy atom. The molecule has 2 N–H and O–H groups in total. The highest BCUT2D eigenvalue weighted by Gasteiger charge is 2.16. The smallest absolute Gasteiger partial charge is 0.342 e. The number of hydrogen-bond acceptors (Lipinski definition) is 4. The molecule has 26 heavy (non-hydrogen) atoms. The molecule has 0 saturated carbocycles. The minimum atomic E-state index is -0.947. The average molecular weight is 357 g/mol. The first-order valence-corrected chi connectivity index (χ1v) is 7.58. The van der Waals surface area contributed by atoms with Gasteiger partial charge in [-0.2, -0.15) is 0 Å². The van der Waals surface area contributed by atoms with Crippen molar-refractivity contribution in [3.8, 4) is 5.75 Å². The molecule has 3 aromatic carbocycles. The van der Waals surface area contributed by atoms with Gasteiger partial charge in [0.15, 0.2) is 6.61 Å². The lowest BCUT2D eigenvalue weighted by molar-refractivity contribution is -0.119. The van der Waals surface area contributed by atoms with Crippen LogP contribution in [0.5, 0.6) is 5.75 Å². The summed E-state index contributed by atoms with van der Waals surface area (Å²) in [5.74, 6) is -3.71. The second kappa shape index (κ2) is 7.18. The zero-order valence-corrected chi connectivity index (χ0v) is 13.3. The average Bonchev–Trinajstić information content (AvgIpc) is 2.61. The summed E-state index contributed by atoms with van der Waals surface area (Å²) < 4.78 is 31.2. The van der Waals surface area contributed by atoms with Gasteiger partial charge in [-0.05, 0) is 35.0 Å². The van der Waals surface area contributed by atoms with E-state index in [4.69, 9.17) is 4.74 Å². The van der Waals surface area contributed by atoms with Crippen LogP contribution in [-0.2, 0) is 9.53 Å². The van der Waals surface area contributed by atoms with Crippen LogP contribution in [0, 0.1) is 11.6 Å². The number of benzene rings is 3. The van der Waals surface area contributed by atoms with E-state index in [2.05, 4.69) is 5.32 Å². The predicted octanol–water partition coefficient (Wildman–Crippen LogP) is 3.62. The summed E-state index contributed by atoms with van der Waals surface area (Å²) in [6, 6.07) is 12.6. The number of nitrogens with one attached hydrogen (secondary N) is 1. The van der Waals surface area contributed by atoms with Crippen LogP contribution >= 0.6 is 0 Å². The highest BCUT2D eigenvalue weighted by Crippen LogP contribution is 2.25. The van der Waals surface area contributed by atoms with Gasteiger partial charge in [0.1, 0.15) is 22.9 Å². The molecule has 0 fully saturated rings. The lowest BCUT2D eigenvalue weighted by atomic mass is 10.1. The molecule has 7 heteroatoms. The van der Waals surface area contributed by atoms with E-state index in [1.807, 2.05) is 0 Å². The highest BCUT2D eigenvalue weighted by molar-refractivity contribution is 6.00. The Balaban J connectivity index is 1.66. The summed E-state index contributed by atoms with van der Waals surface area (Å²) in [6.45, 7) is -0.693. The van der Waals surface area contributed by atoms with Crippen molar-refractivity contribution in [1.82, 2.24) is 0 Å². The van der Waals surface area contributed by atoms with E-state index in [1.165, 1.54) is 12.1 Å². The third-order valence-corrected chi connectivity index (χ3v) is 3.62. The first-order valence-electron chi connectivity index (χ1n) is 7.58. The van der Waals surface area contributed by atoms with Crippen molar-refractivity contribution in [2.75, 3.05) is 11.9 Å². The number of hydrogen-bond donors (Lipinski definition) is 2. The molecule has 0 aliphatic heterocycles. The molecule has 3 aromatic rings. The molecule has 0 aliphatic rings. The summed E-state index contributed by atoms with van der Waals surface area (Å²) in [5.41, 5.74) is -0.328. The van der Waals surface area contributed by atoms with E-state index >= 15 is 0 Å². The van der Waals surface area contributed by atoms with Crippen LogP contribution in [0.25, 0.3) is 10.8 Å². The van der Waals surface area contributed by atoms with E-state index in [0.717, 1.165) is 22.9 Å². The summed E-state index contributed by atoms with van der Waals surface area (Å²) in [6.07, 6.45) is 0. The molecule has 0 aromatic heterocycles. The highest BCUT2D eigenvalue weighted by atomic mass is 19.1. The van der Waals surface area contributed by atoms with Gasteiger partial charge >= 0.3 is 5.97 Å². The molecule has 0 unspecified atom stereocenters. The predicted molar refractivity (Wildman–Crippen MR) is 90.9 cm³/mol. The van der Waals surface area contributed by atoms with Gasteiger partial charge in [0.05, 0.1) is 5.69 Å². The van der Waals surface area contributed by atoms with Crippen LogP contribution in [0.3, 0.4) is 0 Å². The molecule has 0 heterocycles. The van der Waals surface area contributed by atoms with Gasteiger partial charge in [0.25, 0.3) is 5.91 Å². The number of phenolic OH excluding ortho intramolecular Hbond substituents is 1. The monoisotopic (exact) mass is 357 g/mol. The number of ether oxygens (including phenoxy) is 1. The van der Waals surface area contributed by atoms with E-state index in [1.54, 1.807) is 24.3 Å². The maximum Gasteiger partial charge on any atom is 0.342 e. The Morgan fingerprint density at radius 1 is 1.00 bits per heavy atom. The molecule has 0 spiro atoms. The maximum atomic E-state index is 13.5. The van der Waals surface area contributed by atoms with Gasteiger partial charge in [-0.1, -0.05) is 24.3 Å². The third kappa shape index (κ3) is 3.77. The van der Waals surface area contributed by atoms with Gasteiger partial charge in [-0.25, -0.2) is 13.6 Å². The van der Waals surface area contributed by atoms with Crippen LogP contribution in [-0.4, -0.2) is 23.6 Å². The number of anilines is 1.